The first-order chi connectivity index (χ1) is 12.4. The van der Waals surface area contributed by atoms with Gasteiger partial charge in [-0.15, -0.1) is 6.58 Å². The number of methoxy groups -OCH3 is 1. The van der Waals surface area contributed by atoms with Crippen LogP contribution in [0.4, 0.5) is 4.79 Å². The molecule has 0 unspecified atom stereocenters. The lowest BCUT2D eigenvalue weighted by Crippen LogP contribution is -2.55. The van der Waals surface area contributed by atoms with E-state index in [1.165, 1.54) is 12.0 Å². The second-order valence-corrected chi connectivity index (χ2v) is 12.4. The van der Waals surface area contributed by atoms with E-state index in [9.17, 15) is 14.7 Å². The number of rotatable bonds is 7. The number of hydrogen-bond donors (Lipinski definition) is 1. The molecule has 1 atom stereocenters. The first-order valence-corrected chi connectivity index (χ1v) is 11.9. The quantitative estimate of drug-likeness (QED) is 0.569. The SMILES string of the molecule is C=C([C@@H](CO)N(CC(=O)OC)C(=O)OC(C)(C)C)[Si](C)(C)c1ccccc1. The van der Waals surface area contributed by atoms with Gasteiger partial charge in [0.05, 0.1) is 19.8 Å². The van der Waals surface area contributed by atoms with E-state index < -0.39 is 31.8 Å². The minimum atomic E-state index is -2.25. The van der Waals surface area contributed by atoms with E-state index in [0.29, 0.717) is 0 Å². The zero-order valence-electron chi connectivity index (χ0n) is 17.1. The molecule has 0 aliphatic rings. The van der Waals surface area contributed by atoms with Crippen molar-refractivity contribution in [1.29, 1.82) is 0 Å². The molecule has 0 spiro atoms. The van der Waals surface area contributed by atoms with Gasteiger partial charge in [-0.1, -0.05) is 53.8 Å². The fraction of sp³-hybridized carbons (Fsp3) is 0.500. The highest BCUT2D eigenvalue weighted by atomic mass is 28.3. The molecule has 7 heteroatoms. The number of hydrogen-bond acceptors (Lipinski definition) is 5. The summed E-state index contributed by atoms with van der Waals surface area (Å²) >= 11 is 0. The third kappa shape index (κ3) is 6.22. The maximum atomic E-state index is 12.7. The van der Waals surface area contributed by atoms with Crippen molar-refractivity contribution in [3.63, 3.8) is 0 Å². The molecule has 0 saturated heterocycles. The number of benzene rings is 1. The van der Waals surface area contributed by atoms with Gasteiger partial charge in [-0.2, -0.15) is 0 Å². The Morgan fingerprint density at radius 3 is 2.22 bits per heavy atom. The summed E-state index contributed by atoms with van der Waals surface area (Å²) in [5.41, 5.74) is -0.737. The second kappa shape index (κ2) is 9.19. The van der Waals surface area contributed by atoms with Gasteiger partial charge in [-0.05, 0) is 20.8 Å². The number of carbonyl (C=O) groups is 2. The van der Waals surface area contributed by atoms with Crippen LogP contribution in [0.3, 0.4) is 0 Å². The maximum Gasteiger partial charge on any atom is 0.411 e. The number of aliphatic hydroxyl groups excluding tert-OH is 1. The molecule has 1 amide bonds. The molecule has 1 rings (SSSR count). The average molecular weight is 394 g/mol. The maximum absolute atomic E-state index is 12.7. The number of ether oxygens (including phenoxy) is 2. The summed E-state index contributed by atoms with van der Waals surface area (Å²) in [5.74, 6) is -0.591. The van der Waals surface area contributed by atoms with Crippen LogP contribution in [0.5, 0.6) is 0 Å². The Kier molecular flexibility index (Phi) is 7.80. The molecule has 6 nitrogen and oxygen atoms in total. The molecule has 0 fully saturated rings. The number of nitrogens with zero attached hydrogens (tertiary/aromatic N) is 1. The van der Waals surface area contributed by atoms with Crippen LogP contribution in [0.15, 0.2) is 42.1 Å². The van der Waals surface area contributed by atoms with Crippen LogP contribution in [0.2, 0.25) is 13.1 Å². The third-order valence-electron chi connectivity index (χ3n) is 4.40. The van der Waals surface area contributed by atoms with Gasteiger partial charge >= 0.3 is 12.1 Å². The Morgan fingerprint density at radius 2 is 1.78 bits per heavy atom. The minimum Gasteiger partial charge on any atom is -0.468 e. The van der Waals surface area contributed by atoms with Crippen LogP contribution in [0.1, 0.15) is 20.8 Å². The molecule has 0 aliphatic carbocycles. The monoisotopic (exact) mass is 393 g/mol. The fourth-order valence-electron chi connectivity index (χ4n) is 2.68. The van der Waals surface area contributed by atoms with Gasteiger partial charge in [0.2, 0.25) is 0 Å². The largest absolute Gasteiger partial charge is 0.468 e. The van der Waals surface area contributed by atoms with Crippen LogP contribution in [-0.2, 0) is 14.3 Å². The highest BCUT2D eigenvalue weighted by Crippen LogP contribution is 2.23. The van der Waals surface area contributed by atoms with E-state index in [0.717, 1.165) is 10.4 Å². The van der Waals surface area contributed by atoms with Crippen molar-refractivity contribution in [2.75, 3.05) is 20.3 Å². The highest BCUT2D eigenvalue weighted by molar-refractivity contribution is 6.95. The molecular weight excluding hydrogens is 362 g/mol. The Balaban J connectivity index is 3.24. The lowest BCUT2D eigenvalue weighted by molar-refractivity contribution is -0.142. The second-order valence-electron chi connectivity index (χ2n) is 7.90. The van der Waals surface area contributed by atoms with E-state index in [-0.39, 0.29) is 13.2 Å². The van der Waals surface area contributed by atoms with Crippen LogP contribution in [0.25, 0.3) is 0 Å². The summed E-state index contributed by atoms with van der Waals surface area (Å²) in [6, 6.07) is 9.12. The molecule has 0 bridgehead atoms. The average Bonchev–Trinajstić information content (AvgIpc) is 2.60. The first kappa shape index (κ1) is 22.9. The molecule has 0 saturated carbocycles. The summed E-state index contributed by atoms with van der Waals surface area (Å²) in [7, 11) is -1.00. The summed E-state index contributed by atoms with van der Waals surface area (Å²) in [6.07, 6.45) is -0.689. The Morgan fingerprint density at radius 1 is 1.22 bits per heavy atom. The molecule has 1 aromatic carbocycles. The topological polar surface area (TPSA) is 76.1 Å². The van der Waals surface area contributed by atoms with Crippen LogP contribution < -0.4 is 5.19 Å². The molecular formula is C20H31NO5Si. The van der Waals surface area contributed by atoms with E-state index in [1.807, 2.05) is 30.3 Å². The smallest absolute Gasteiger partial charge is 0.411 e. The molecule has 150 valence electrons. The van der Waals surface area contributed by atoms with Crippen LogP contribution >= 0.6 is 0 Å². The molecule has 0 heterocycles. The Bertz CT molecular complexity index is 667. The van der Waals surface area contributed by atoms with Crippen LogP contribution in [0, 0.1) is 0 Å². The van der Waals surface area contributed by atoms with Crippen molar-refractivity contribution in [3.05, 3.63) is 42.1 Å². The van der Waals surface area contributed by atoms with E-state index in [2.05, 4.69) is 19.7 Å². The van der Waals surface area contributed by atoms with Gasteiger partial charge in [-0.25, -0.2) is 4.79 Å². The standard InChI is InChI=1S/C20H31NO5Si/c1-15(27(6,7)16-11-9-8-10-12-16)17(14-22)21(13-18(23)25-5)19(24)26-20(2,3)4/h8-12,17,22H,1,13-14H2,2-7H3/t17-/m1/s1. The van der Waals surface area contributed by atoms with Crippen molar-refractivity contribution in [2.24, 2.45) is 0 Å². The van der Waals surface area contributed by atoms with Crippen LogP contribution in [-0.4, -0.2) is 62.0 Å². The Labute approximate surface area is 162 Å². The summed E-state index contributed by atoms with van der Waals surface area (Å²) < 4.78 is 10.2. The fourth-order valence-corrected chi connectivity index (χ4v) is 5.16. The van der Waals surface area contributed by atoms with Gasteiger partial charge in [0, 0.05) is 0 Å². The number of carbonyl (C=O) groups excluding carboxylic acids is 2. The predicted octanol–water partition coefficient (Wildman–Crippen LogP) is 2.47. The summed E-state index contributed by atoms with van der Waals surface area (Å²) in [5, 5.41) is 11.9. The zero-order valence-corrected chi connectivity index (χ0v) is 18.1. The Hall–Kier alpha value is -2.12. The van der Waals surface area contributed by atoms with Crippen molar-refractivity contribution in [3.8, 4) is 0 Å². The van der Waals surface area contributed by atoms with Gasteiger partial charge in [-0.3, -0.25) is 9.69 Å². The zero-order chi connectivity index (χ0) is 20.8. The number of aliphatic hydroxyl groups is 1. The summed E-state index contributed by atoms with van der Waals surface area (Å²) in [6.45, 7) is 12.9. The van der Waals surface area contributed by atoms with E-state index >= 15 is 0 Å². The van der Waals surface area contributed by atoms with E-state index in [1.54, 1.807) is 20.8 Å². The number of esters is 1. The van der Waals surface area contributed by atoms with Crippen molar-refractivity contribution < 1.29 is 24.2 Å². The number of amides is 1. The predicted molar refractivity (Wildman–Crippen MR) is 109 cm³/mol. The summed E-state index contributed by atoms with van der Waals surface area (Å²) in [4.78, 5) is 25.8. The van der Waals surface area contributed by atoms with Gasteiger partial charge < -0.3 is 14.6 Å². The first-order valence-electron chi connectivity index (χ1n) is 8.86. The van der Waals surface area contributed by atoms with E-state index in [4.69, 9.17) is 9.47 Å². The van der Waals surface area contributed by atoms with Gasteiger partial charge in [0.1, 0.15) is 20.2 Å². The molecule has 0 radical (unpaired) electrons. The lowest BCUT2D eigenvalue weighted by Gasteiger charge is -2.38. The molecule has 27 heavy (non-hydrogen) atoms. The van der Waals surface area contributed by atoms with Crippen molar-refractivity contribution >= 4 is 25.3 Å². The molecule has 1 aromatic rings. The molecule has 1 N–H and O–H groups in total. The molecule has 0 aliphatic heterocycles. The van der Waals surface area contributed by atoms with Gasteiger partial charge in [0.25, 0.3) is 0 Å². The highest BCUT2D eigenvalue weighted by Gasteiger charge is 2.38. The molecule has 0 aromatic heterocycles. The minimum absolute atomic E-state index is 0.324. The van der Waals surface area contributed by atoms with Crippen molar-refractivity contribution in [2.45, 2.75) is 45.5 Å². The van der Waals surface area contributed by atoms with Gasteiger partial charge in [0.15, 0.2) is 0 Å². The third-order valence-corrected chi connectivity index (χ3v) is 8.12. The lowest BCUT2D eigenvalue weighted by atomic mass is 10.2. The normalized spacial score (nSPS) is 12.9. The van der Waals surface area contributed by atoms with Crippen molar-refractivity contribution in [1.82, 2.24) is 4.90 Å².